The van der Waals surface area contributed by atoms with Crippen molar-refractivity contribution in [3.8, 4) is 0 Å². The Morgan fingerprint density at radius 1 is 1.12 bits per heavy atom. The minimum Gasteiger partial charge on any atom is -0.336 e. The number of hydrogen-bond donors (Lipinski definition) is 0. The van der Waals surface area contributed by atoms with Gasteiger partial charge in [0.05, 0.1) is 10.7 Å². The maximum absolute atomic E-state index is 13.3. The Balaban J connectivity index is 1.56. The molecule has 1 aliphatic heterocycles. The van der Waals surface area contributed by atoms with Gasteiger partial charge in [-0.25, -0.2) is 13.8 Å². The summed E-state index contributed by atoms with van der Waals surface area (Å²) in [4.78, 5) is 32.0. The molecule has 0 radical (unpaired) electrons. The Morgan fingerprint density at radius 3 is 2.42 bits per heavy atom. The molecule has 2 amide bonds. The minimum absolute atomic E-state index is 0.0995. The summed E-state index contributed by atoms with van der Waals surface area (Å²) in [6.45, 7) is 3.34. The average Bonchev–Trinajstić information content (AvgIpc) is 3.07. The number of hydrogen-bond acceptors (Lipinski definition) is 4. The molecule has 3 rings (SSSR count). The minimum atomic E-state index is -1.05. The largest absolute Gasteiger partial charge is 0.336 e. The molecular weight excluding hydrogens is 360 g/mol. The van der Waals surface area contributed by atoms with Gasteiger partial charge >= 0.3 is 0 Å². The van der Waals surface area contributed by atoms with Crippen LogP contribution in [-0.2, 0) is 4.79 Å². The number of aromatic nitrogens is 1. The summed E-state index contributed by atoms with van der Waals surface area (Å²) in [6.07, 6.45) is 3.14. The summed E-state index contributed by atoms with van der Waals surface area (Å²) in [5.41, 5.74) is 0.843. The van der Waals surface area contributed by atoms with Gasteiger partial charge in [-0.3, -0.25) is 9.59 Å². The number of amides is 2. The first-order valence-electron chi connectivity index (χ1n) is 8.07. The number of halogens is 2. The fraction of sp³-hybridized carbons (Fsp3) is 0.278. The second kappa shape index (κ2) is 7.74. The van der Waals surface area contributed by atoms with Crippen LogP contribution in [0.5, 0.6) is 0 Å². The molecule has 0 aliphatic carbocycles. The predicted octanol–water partition coefficient (Wildman–Crippen LogP) is 2.73. The number of piperazine rings is 1. The van der Waals surface area contributed by atoms with Crippen LogP contribution in [0.3, 0.4) is 0 Å². The lowest BCUT2D eigenvalue weighted by atomic mass is 10.1. The summed E-state index contributed by atoms with van der Waals surface area (Å²) in [5, 5.41) is 2.80. The van der Waals surface area contributed by atoms with Crippen molar-refractivity contribution in [1.82, 2.24) is 14.8 Å². The first-order chi connectivity index (χ1) is 12.4. The monoisotopic (exact) mass is 377 g/mol. The van der Waals surface area contributed by atoms with Gasteiger partial charge in [0.2, 0.25) is 5.91 Å². The number of aryl methyl sites for hydroxylation is 1. The average molecular weight is 377 g/mol. The predicted molar refractivity (Wildman–Crippen MR) is 94.7 cm³/mol. The molecule has 1 aromatic carbocycles. The zero-order valence-electron chi connectivity index (χ0n) is 14.1. The van der Waals surface area contributed by atoms with Crippen molar-refractivity contribution >= 4 is 29.2 Å². The molecule has 2 heterocycles. The molecule has 0 bridgehead atoms. The van der Waals surface area contributed by atoms with E-state index < -0.39 is 11.6 Å². The maximum Gasteiger partial charge on any atom is 0.254 e. The molecule has 0 unspecified atom stereocenters. The van der Waals surface area contributed by atoms with E-state index in [4.69, 9.17) is 0 Å². The molecule has 1 aliphatic rings. The van der Waals surface area contributed by atoms with Gasteiger partial charge in [-0.2, -0.15) is 0 Å². The van der Waals surface area contributed by atoms with E-state index >= 15 is 0 Å². The van der Waals surface area contributed by atoms with Gasteiger partial charge < -0.3 is 9.80 Å². The number of carbonyl (C=O) groups excluding carboxylic acids is 2. The summed E-state index contributed by atoms with van der Waals surface area (Å²) in [5.74, 6) is -2.55. The molecule has 1 aromatic heterocycles. The summed E-state index contributed by atoms with van der Waals surface area (Å²) in [6, 6.07) is 3.10. The van der Waals surface area contributed by atoms with Gasteiger partial charge in [-0.1, -0.05) is 0 Å². The number of carbonyl (C=O) groups is 2. The van der Waals surface area contributed by atoms with E-state index in [1.165, 1.54) is 28.4 Å². The van der Waals surface area contributed by atoms with E-state index in [-0.39, 0.29) is 17.4 Å². The van der Waals surface area contributed by atoms with Crippen LogP contribution >= 0.6 is 11.3 Å². The molecule has 0 spiro atoms. The normalized spacial score (nSPS) is 14.9. The maximum atomic E-state index is 13.3. The Hall–Kier alpha value is -2.61. The smallest absolute Gasteiger partial charge is 0.254 e. The number of benzene rings is 1. The van der Waals surface area contributed by atoms with E-state index in [9.17, 15) is 18.4 Å². The highest BCUT2D eigenvalue weighted by atomic mass is 32.1. The highest BCUT2D eigenvalue weighted by molar-refractivity contribution is 7.09. The second-order valence-electron chi connectivity index (χ2n) is 5.87. The van der Waals surface area contributed by atoms with Crippen LogP contribution in [0.1, 0.15) is 21.1 Å². The Labute approximate surface area is 153 Å². The van der Waals surface area contributed by atoms with Crippen molar-refractivity contribution in [2.45, 2.75) is 6.92 Å². The van der Waals surface area contributed by atoms with Crippen LogP contribution in [0.25, 0.3) is 6.08 Å². The van der Waals surface area contributed by atoms with E-state index in [2.05, 4.69) is 4.98 Å². The van der Waals surface area contributed by atoms with E-state index in [1.54, 1.807) is 11.0 Å². The van der Waals surface area contributed by atoms with Crippen molar-refractivity contribution in [3.63, 3.8) is 0 Å². The zero-order chi connectivity index (χ0) is 18.7. The molecule has 8 heteroatoms. The van der Waals surface area contributed by atoms with Gasteiger partial charge in [0.1, 0.15) is 0 Å². The van der Waals surface area contributed by atoms with Crippen molar-refractivity contribution < 1.29 is 18.4 Å². The second-order valence-corrected chi connectivity index (χ2v) is 6.93. The van der Waals surface area contributed by atoms with Gasteiger partial charge in [0, 0.05) is 43.2 Å². The summed E-state index contributed by atoms with van der Waals surface area (Å²) in [7, 11) is 0. The number of nitrogens with zero attached hydrogens (tertiary/aromatic N) is 3. The van der Waals surface area contributed by atoms with Gasteiger partial charge in [0.15, 0.2) is 11.6 Å². The molecule has 2 aromatic rings. The van der Waals surface area contributed by atoms with Crippen LogP contribution in [0.15, 0.2) is 29.7 Å². The molecule has 26 heavy (non-hydrogen) atoms. The molecular formula is C18H17F2N3O2S. The number of rotatable bonds is 3. The third-order valence-electron chi connectivity index (χ3n) is 4.08. The molecule has 1 saturated heterocycles. The molecule has 1 fully saturated rings. The first-order valence-corrected chi connectivity index (χ1v) is 8.95. The van der Waals surface area contributed by atoms with Gasteiger partial charge in [-0.05, 0) is 31.2 Å². The lowest BCUT2D eigenvalue weighted by Gasteiger charge is -2.34. The van der Waals surface area contributed by atoms with Crippen LogP contribution in [-0.4, -0.2) is 52.8 Å². The van der Waals surface area contributed by atoms with E-state index in [1.807, 2.05) is 12.3 Å². The highest BCUT2D eigenvalue weighted by Gasteiger charge is 2.24. The van der Waals surface area contributed by atoms with E-state index in [0.29, 0.717) is 26.2 Å². The van der Waals surface area contributed by atoms with Crippen LogP contribution in [0, 0.1) is 18.6 Å². The fourth-order valence-electron chi connectivity index (χ4n) is 2.66. The summed E-state index contributed by atoms with van der Waals surface area (Å²) < 4.78 is 26.3. The van der Waals surface area contributed by atoms with Crippen molar-refractivity contribution in [3.05, 3.63) is 57.6 Å². The van der Waals surface area contributed by atoms with Gasteiger partial charge in [0.25, 0.3) is 5.91 Å². The highest BCUT2D eigenvalue weighted by Crippen LogP contribution is 2.14. The standard InChI is InChI=1S/C18H17F2N3O2S/c1-12-21-14(11-26-12)3-5-17(24)22-6-8-23(9-7-22)18(25)13-2-4-15(19)16(20)10-13/h2-5,10-11H,6-9H2,1H3/b5-3+. The molecule has 0 atom stereocenters. The first kappa shape index (κ1) is 18.2. The fourth-order valence-corrected chi connectivity index (χ4v) is 3.24. The molecule has 0 saturated carbocycles. The molecule has 0 N–H and O–H groups in total. The van der Waals surface area contributed by atoms with E-state index in [0.717, 1.165) is 22.8 Å². The third kappa shape index (κ3) is 4.13. The topological polar surface area (TPSA) is 53.5 Å². The lowest BCUT2D eigenvalue weighted by molar-refractivity contribution is -0.127. The number of thiazole rings is 1. The quantitative estimate of drug-likeness (QED) is 0.773. The third-order valence-corrected chi connectivity index (χ3v) is 4.87. The molecule has 136 valence electrons. The van der Waals surface area contributed by atoms with Gasteiger partial charge in [-0.15, -0.1) is 11.3 Å². The Morgan fingerprint density at radius 2 is 1.81 bits per heavy atom. The SMILES string of the molecule is Cc1nc(/C=C/C(=O)N2CCN(C(=O)c3ccc(F)c(F)c3)CC2)cs1. The zero-order valence-corrected chi connectivity index (χ0v) is 14.9. The summed E-state index contributed by atoms with van der Waals surface area (Å²) >= 11 is 1.51. The van der Waals surface area contributed by atoms with Crippen LogP contribution < -0.4 is 0 Å². The Bertz CT molecular complexity index is 858. The van der Waals surface area contributed by atoms with Crippen LogP contribution in [0.2, 0.25) is 0 Å². The van der Waals surface area contributed by atoms with Crippen molar-refractivity contribution in [1.29, 1.82) is 0 Å². The Kier molecular flexibility index (Phi) is 5.41. The van der Waals surface area contributed by atoms with Crippen molar-refractivity contribution in [2.24, 2.45) is 0 Å². The lowest BCUT2D eigenvalue weighted by Crippen LogP contribution is -2.50. The van der Waals surface area contributed by atoms with Crippen molar-refractivity contribution in [2.75, 3.05) is 26.2 Å². The molecule has 5 nitrogen and oxygen atoms in total. The van der Waals surface area contributed by atoms with Crippen LogP contribution in [0.4, 0.5) is 8.78 Å².